The number of nitrogens with zero attached hydrogens (tertiary/aromatic N) is 1. The number of hydrogen-bond acceptors (Lipinski definition) is 2. The minimum Gasteiger partial charge on any atom is -0.348 e. The number of imidazole rings is 1. The van der Waals surface area contributed by atoms with Gasteiger partial charge in [0.05, 0.1) is 5.92 Å². The predicted octanol–water partition coefficient (Wildman–Crippen LogP) is 1.25. The van der Waals surface area contributed by atoms with Gasteiger partial charge < -0.3 is 4.98 Å². The number of Topliss-reactive ketones (excluding diaryl/α,β-unsaturated/α-hetero) is 1. The Morgan fingerprint density at radius 3 is 3.09 bits per heavy atom. The van der Waals surface area contributed by atoms with Gasteiger partial charge in [-0.05, 0) is 12.8 Å². The molecule has 1 saturated carbocycles. The summed E-state index contributed by atoms with van der Waals surface area (Å²) < 4.78 is 0. The zero-order valence-electron chi connectivity index (χ0n) is 6.21. The molecule has 58 valence electrons. The molecule has 0 bridgehead atoms. The molecule has 1 aromatic heterocycles. The lowest BCUT2D eigenvalue weighted by atomic mass is 10.1. The van der Waals surface area contributed by atoms with Gasteiger partial charge in [0.2, 0.25) is 0 Å². The van der Waals surface area contributed by atoms with E-state index in [0.29, 0.717) is 5.78 Å². The van der Waals surface area contributed by atoms with Crippen molar-refractivity contribution in [2.75, 3.05) is 0 Å². The lowest BCUT2D eigenvalue weighted by Crippen LogP contribution is -2.05. The van der Waals surface area contributed by atoms with Crippen molar-refractivity contribution in [2.24, 2.45) is 0 Å². The molecule has 0 saturated heterocycles. The fraction of sp³-hybridized carbons (Fsp3) is 0.500. The van der Waals surface area contributed by atoms with Crippen LogP contribution in [0.2, 0.25) is 0 Å². The minimum absolute atomic E-state index is 0.0602. The SMILES string of the molecule is O=C1CCCC1c1ncc[nH]1. The van der Waals surface area contributed by atoms with E-state index in [9.17, 15) is 4.79 Å². The van der Waals surface area contributed by atoms with Crippen LogP contribution >= 0.6 is 0 Å². The smallest absolute Gasteiger partial charge is 0.143 e. The Morgan fingerprint density at radius 2 is 2.55 bits per heavy atom. The van der Waals surface area contributed by atoms with Crippen molar-refractivity contribution in [2.45, 2.75) is 25.2 Å². The van der Waals surface area contributed by atoms with Gasteiger partial charge in [-0.2, -0.15) is 0 Å². The fourth-order valence-electron chi connectivity index (χ4n) is 1.57. The van der Waals surface area contributed by atoms with Crippen LogP contribution in [-0.2, 0) is 4.79 Å². The third-order valence-electron chi connectivity index (χ3n) is 2.15. The van der Waals surface area contributed by atoms with Crippen molar-refractivity contribution in [3.63, 3.8) is 0 Å². The molecular formula is C8H10N2O. The highest BCUT2D eigenvalue weighted by molar-refractivity contribution is 5.86. The van der Waals surface area contributed by atoms with Crippen LogP contribution < -0.4 is 0 Å². The molecule has 0 radical (unpaired) electrons. The first-order valence-electron chi connectivity index (χ1n) is 3.90. The van der Waals surface area contributed by atoms with E-state index in [0.717, 1.165) is 25.1 Å². The van der Waals surface area contributed by atoms with E-state index in [1.54, 1.807) is 12.4 Å². The molecule has 1 unspecified atom stereocenters. The number of aromatic amines is 1. The van der Waals surface area contributed by atoms with Gasteiger partial charge in [-0.1, -0.05) is 0 Å². The Kier molecular flexibility index (Phi) is 1.49. The second-order valence-electron chi connectivity index (χ2n) is 2.89. The molecule has 1 aliphatic rings. The van der Waals surface area contributed by atoms with Gasteiger partial charge in [0.15, 0.2) is 0 Å². The van der Waals surface area contributed by atoms with E-state index in [-0.39, 0.29) is 5.92 Å². The molecule has 1 fully saturated rings. The molecule has 1 aromatic rings. The minimum atomic E-state index is 0.0602. The normalized spacial score (nSPS) is 24.4. The van der Waals surface area contributed by atoms with Crippen LogP contribution in [0.3, 0.4) is 0 Å². The summed E-state index contributed by atoms with van der Waals surface area (Å²) in [5.74, 6) is 1.23. The maximum absolute atomic E-state index is 11.2. The van der Waals surface area contributed by atoms with Crippen molar-refractivity contribution in [1.82, 2.24) is 9.97 Å². The zero-order chi connectivity index (χ0) is 7.68. The fourth-order valence-corrected chi connectivity index (χ4v) is 1.57. The number of aromatic nitrogens is 2. The molecule has 0 spiro atoms. The third-order valence-corrected chi connectivity index (χ3v) is 2.15. The number of rotatable bonds is 1. The first kappa shape index (κ1) is 6.58. The van der Waals surface area contributed by atoms with Gasteiger partial charge in [0, 0.05) is 18.8 Å². The Hall–Kier alpha value is -1.12. The molecule has 0 amide bonds. The maximum Gasteiger partial charge on any atom is 0.143 e. The van der Waals surface area contributed by atoms with Crippen LogP contribution in [0.25, 0.3) is 0 Å². The van der Waals surface area contributed by atoms with Crippen molar-refractivity contribution in [1.29, 1.82) is 0 Å². The second kappa shape index (κ2) is 2.49. The monoisotopic (exact) mass is 150 g/mol. The van der Waals surface area contributed by atoms with E-state index in [1.165, 1.54) is 0 Å². The summed E-state index contributed by atoms with van der Waals surface area (Å²) >= 11 is 0. The quantitative estimate of drug-likeness (QED) is 0.654. The first-order chi connectivity index (χ1) is 5.38. The number of carbonyl (C=O) groups is 1. The van der Waals surface area contributed by atoms with Crippen LogP contribution in [0, 0.1) is 0 Å². The van der Waals surface area contributed by atoms with E-state index in [4.69, 9.17) is 0 Å². The highest BCUT2D eigenvalue weighted by Gasteiger charge is 2.27. The number of H-pyrrole nitrogens is 1. The molecule has 1 aliphatic carbocycles. The maximum atomic E-state index is 11.2. The Balaban J connectivity index is 2.23. The molecule has 0 aliphatic heterocycles. The highest BCUT2D eigenvalue weighted by Crippen LogP contribution is 2.28. The molecule has 3 nitrogen and oxygen atoms in total. The first-order valence-corrected chi connectivity index (χ1v) is 3.90. The highest BCUT2D eigenvalue weighted by atomic mass is 16.1. The third kappa shape index (κ3) is 1.06. The standard InChI is InChI=1S/C8H10N2O/c11-7-3-1-2-6(7)8-9-4-5-10-8/h4-6H,1-3H2,(H,9,10). The average Bonchev–Trinajstić information content (AvgIpc) is 2.55. The van der Waals surface area contributed by atoms with E-state index >= 15 is 0 Å². The van der Waals surface area contributed by atoms with Crippen LogP contribution in [0.1, 0.15) is 31.0 Å². The van der Waals surface area contributed by atoms with Crippen molar-refractivity contribution in [3.8, 4) is 0 Å². The van der Waals surface area contributed by atoms with Crippen LogP contribution in [0.15, 0.2) is 12.4 Å². The van der Waals surface area contributed by atoms with Crippen molar-refractivity contribution in [3.05, 3.63) is 18.2 Å². The van der Waals surface area contributed by atoms with E-state index in [2.05, 4.69) is 9.97 Å². The lowest BCUT2D eigenvalue weighted by Gasteiger charge is -2.01. The van der Waals surface area contributed by atoms with E-state index in [1.807, 2.05) is 0 Å². The molecule has 1 atom stereocenters. The van der Waals surface area contributed by atoms with Crippen LogP contribution in [0.5, 0.6) is 0 Å². The molecule has 1 N–H and O–H groups in total. The number of ketones is 1. The molecule has 11 heavy (non-hydrogen) atoms. The second-order valence-corrected chi connectivity index (χ2v) is 2.89. The summed E-state index contributed by atoms with van der Waals surface area (Å²) in [4.78, 5) is 18.3. The summed E-state index contributed by atoms with van der Waals surface area (Å²) in [6, 6.07) is 0. The molecular weight excluding hydrogens is 140 g/mol. The summed E-state index contributed by atoms with van der Waals surface area (Å²) in [7, 11) is 0. The van der Waals surface area contributed by atoms with Crippen LogP contribution in [0.4, 0.5) is 0 Å². The Bertz CT molecular complexity index is 253. The Morgan fingerprint density at radius 1 is 1.64 bits per heavy atom. The van der Waals surface area contributed by atoms with E-state index < -0.39 is 0 Å². The largest absolute Gasteiger partial charge is 0.348 e. The predicted molar refractivity (Wildman–Crippen MR) is 40.2 cm³/mol. The molecule has 0 aromatic carbocycles. The zero-order valence-corrected chi connectivity index (χ0v) is 6.21. The number of carbonyl (C=O) groups excluding carboxylic acids is 1. The molecule has 2 rings (SSSR count). The van der Waals surface area contributed by atoms with Gasteiger partial charge >= 0.3 is 0 Å². The van der Waals surface area contributed by atoms with Crippen molar-refractivity contribution >= 4 is 5.78 Å². The number of nitrogens with one attached hydrogen (secondary N) is 1. The van der Waals surface area contributed by atoms with Crippen LogP contribution in [-0.4, -0.2) is 15.8 Å². The summed E-state index contributed by atoms with van der Waals surface area (Å²) in [6.45, 7) is 0. The lowest BCUT2D eigenvalue weighted by molar-refractivity contribution is -0.118. The summed E-state index contributed by atoms with van der Waals surface area (Å²) in [5, 5.41) is 0. The van der Waals surface area contributed by atoms with Gasteiger partial charge in [-0.25, -0.2) is 4.98 Å². The van der Waals surface area contributed by atoms with Gasteiger partial charge in [-0.3, -0.25) is 4.79 Å². The van der Waals surface area contributed by atoms with Gasteiger partial charge in [-0.15, -0.1) is 0 Å². The van der Waals surface area contributed by atoms with Gasteiger partial charge in [0.1, 0.15) is 11.6 Å². The summed E-state index contributed by atoms with van der Waals surface area (Å²) in [6.07, 6.45) is 6.17. The Labute approximate surface area is 64.8 Å². The number of hydrogen-bond donors (Lipinski definition) is 1. The molecule has 3 heteroatoms. The molecule has 1 heterocycles. The van der Waals surface area contributed by atoms with Crippen molar-refractivity contribution < 1.29 is 4.79 Å². The summed E-state index contributed by atoms with van der Waals surface area (Å²) in [5.41, 5.74) is 0. The van der Waals surface area contributed by atoms with Gasteiger partial charge in [0.25, 0.3) is 0 Å². The average molecular weight is 150 g/mol. The topological polar surface area (TPSA) is 45.8 Å².